The molecule has 0 bridgehead atoms. The number of carbonyl (C=O) groups is 3. The van der Waals surface area contributed by atoms with Crippen LogP contribution in [0.5, 0.6) is 0 Å². The van der Waals surface area contributed by atoms with E-state index in [0.717, 1.165) is 12.8 Å². The molecule has 1 aromatic carbocycles. The first-order chi connectivity index (χ1) is 11.6. The monoisotopic (exact) mass is 328 g/mol. The number of carbonyl (C=O) groups excluding carboxylic acids is 3. The molecular formula is C17H20N4O3. The molecule has 0 saturated carbocycles. The summed E-state index contributed by atoms with van der Waals surface area (Å²) < 4.78 is 0. The Labute approximate surface area is 140 Å². The minimum absolute atomic E-state index is 0.155. The van der Waals surface area contributed by atoms with Gasteiger partial charge in [-0.3, -0.25) is 9.69 Å². The molecule has 5 amide bonds. The molecule has 1 aromatic rings. The average molecular weight is 328 g/mol. The SMILES string of the molecule is C[C@@H]1CCN2C(=O)N(c3cccc(N4CCNC4=O)c3)C(=O)[C@@H]2C1. The fraction of sp³-hybridized carbons (Fsp3) is 0.471. The van der Waals surface area contributed by atoms with Gasteiger partial charge < -0.3 is 10.2 Å². The van der Waals surface area contributed by atoms with Crippen molar-refractivity contribution in [3.05, 3.63) is 24.3 Å². The topological polar surface area (TPSA) is 73.0 Å². The molecule has 24 heavy (non-hydrogen) atoms. The Bertz CT molecular complexity index is 720. The van der Waals surface area contributed by atoms with Crippen LogP contribution in [-0.2, 0) is 4.79 Å². The number of rotatable bonds is 2. The van der Waals surface area contributed by atoms with Crippen molar-refractivity contribution >= 4 is 29.3 Å². The van der Waals surface area contributed by atoms with Gasteiger partial charge in [-0.2, -0.15) is 0 Å². The number of imide groups is 1. The van der Waals surface area contributed by atoms with E-state index in [-0.39, 0.29) is 24.0 Å². The normalized spacial score (nSPS) is 26.9. The molecule has 3 saturated heterocycles. The second-order valence-corrected chi connectivity index (χ2v) is 6.70. The number of urea groups is 2. The van der Waals surface area contributed by atoms with Gasteiger partial charge in [-0.05, 0) is 37.0 Å². The van der Waals surface area contributed by atoms with E-state index in [2.05, 4.69) is 12.2 Å². The zero-order chi connectivity index (χ0) is 16.8. The second kappa shape index (κ2) is 5.51. The van der Waals surface area contributed by atoms with Crippen LogP contribution in [0.3, 0.4) is 0 Å². The number of amides is 5. The smallest absolute Gasteiger partial charge is 0.332 e. The van der Waals surface area contributed by atoms with Crippen LogP contribution >= 0.6 is 0 Å². The number of nitrogens with one attached hydrogen (secondary N) is 1. The number of hydrogen-bond acceptors (Lipinski definition) is 3. The van der Waals surface area contributed by atoms with Gasteiger partial charge in [-0.1, -0.05) is 13.0 Å². The lowest BCUT2D eigenvalue weighted by atomic mass is 9.93. The maximum Gasteiger partial charge on any atom is 0.332 e. The van der Waals surface area contributed by atoms with Gasteiger partial charge in [-0.25, -0.2) is 14.5 Å². The van der Waals surface area contributed by atoms with Gasteiger partial charge in [0.1, 0.15) is 6.04 Å². The molecule has 3 heterocycles. The predicted octanol–water partition coefficient (Wildman–Crippen LogP) is 1.78. The standard InChI is InChI=1S/C17H20N4O3/c1-11-5-7-20-14(9-11)15(22)21(17(20)24)13-4-2-3-12(10-13)19-8-6-18-16(19)23/h2-4,10-11,14H,5-9H2,1H3,(H,18,23)/t11-,14+/m1/s1. The summed E-state index contributed by atoms with van der Waals surface area (Å²) >= 11 is 0. The van der Waals surface area contributed by atoms with Gasteiger partial charge >= 0.3 is 12.1 Å². The first kappa shape index (κ1) is 15.0. The van der Waals surface area contributed by atoms with E-state index in [9.17, 15) is 14.4 Å². The van der Waals surface area contributed by atoms with Crippen LogP contribution in [0, 0.1) is 5.92 Å². The van der Waals surface area contributed by atoms with Gasteiger partial charge in [-0.15, -0.1) is 0 Å². The highest BCUT2D eigenvalue weighted by Crippen LogP contribution is 2.34. The fourth-order valence-corrected chi connectivity index (χ4v) is 3.73. The molecule has 0 aliphatic carbocycles. The molecule has 3 aliphatic rings. The molecule has 2 atom stereocenters. The van der Waals surface area contributed by atoms with E-state index >= 15 is 0 Å². The van der Waals surface area contributed by atoms with Gasteiger partial charge in [0, 0.05) is 25.3 Å². The number of benzene rings is 1. The molecule has 3 fully saturated rings. The summed E-state index contributed by atoms with van der Waals surface area (Å²) in [5.41, 5.74) is 1.23. The van der Waals surface area contributed by atoms with Crippen molar-refractivity contribution in [3.8, 4) is 0 Å². The predicted molar refractivity (Wildman–Crippen MR) is 89.0 cm³/mol. The summed E-state index contributed by atoms with van der Waals surface area (Å²) in [6, 6.07) is 6.32. The minimum atomic E-state index is -0.347. The summed E-state index contributed by atoms with van der Waals surface area (Å²) in [6.07, 6.45) is 1.65. The lowest BCUT2D eigenvalue weighted by Crippen LogP contribution is -2.41. The Balaban J connectivity index is 1.65. The van der Waals surface area contributed by atoms with Crippen molar-refractivity contribution < 1.29 is 14.4 Å². The van der Waals surface area contributed by atoms with Crippen LogP contribution in [-0.4, -0.2) is 48.5 Å². The lowest BCUT2D eigenvalue weighted by Gasteiger charge is -2.30. The summed E-state index contributed by atoms with van der Waals surface area (Å²) in [4.78, 5) is 41.8. The minimum Gasteiger partial charge on any atom is -0.336 e. The van der Waals surface area contributed by atoms with Crippen LogP contribution in [0.15, 0.2) is 24.3 Å². The molecule has 0 aromatic heterocycles. The highest BCUT2D eigenvalue weighted by molar-refractivity contribution is 6.21. The van der Waals surface area contributed by atoms with E-state index in [0.29, 0.717) is 36.9 Å². The van der Waals surface area contributed by atoms with Crippen LogP contribution in [0.1, 0.15) is 19.8 Å². The summed E-state index contributed by atoms with van der Waals surface area (Å²) in [5.74, 6) is 0.289. The highest BCUT2D eigenvalue weighted by atomic mass is 16.2. The molecule has 7 heteroatoms. The molecular weight excluding hydrogens is 308 g/mol. The molecule has 126 valence electrons. The summed E-state index contributed by atoms with van der Waals surface area (Å²) in [7, 11) is 0. The first-order valence-corrected chi connectivity index (χ1v) is 8.36. The summed E-state index contributed by atoms with van der Waals surface area (Å²) in [6.45, 7) is 3.92. The van der Waals surface area contributed by atoms with Crippen molar-refractivity contribution in [1.29, 1.82) is 0 Å². The molecule has 4 rings (SSSR count). The second-order valence-electron chi connectivity index (χ2n) is 6.70. The van der Waals surface area contributed by atoms with Gasteiger partial charge in [0.25, 0.3) is 5.91 Å². The Kier molecular flexibility index (Phi) is 3.44. The first-order valence-electron chi connectivity index (χ1n) is 8.36. The Morgan fingerprint density at radius 2 is 1.92 bits per heavy atom. The fourth-order valence-electron chi connectivity index (χ4n) is 3.73. The Morgan fingerprint density at radius 1 is 1.12 bits per heavy atom. The number of fused-ring (bicyclic) bond motifs is 1. The Hall–Kier alpha value is -2.57. The van der Waals surface area contributed by atoms with Crippen molar-refractivity contribution in [3.63, 3.8) is 0 Å². The molecule has 1 N–H and O–H groups in total. The Morgan fingerprint density at radius 3 is 2.67 bits per heavy atom. The quantitative estimate of drug-likeness (QED) is 0.841. The van der Waals surface area contributed by atoms with Crippen LogP contribution in [0.2, 0.25) is 0 Å². The van der Waals surface area contributed by atoms with Gasteiger partial charge in [0.2, 0.25) is 0 Å². The maximum absolute atomic E-state index is 12.8. The van der Waals surface area contributed by atoms with Crippen molar-refractivity contribution in [2.24, 2.45) is 5.92 Å². The van der Waals surface area contributed by atoms with E-state index in [4.69, 9.17) is 0 Å². The molecule has 3 aliphatic heterocycles. The lowest BCUT2D eigenvalue weighted by molar-refractivity contribution is -0.120. The number of hydrogen-bond donors (Lipinski definition) is 1. The van der Waals surface area contributed by atoms with Gasteiger partial charge in [0.05, 0.1) is 5.69 Å². The largest absolute Gasteiger partial charge is 0.336 e. The van der Waals surface area contributed by atoms with Crippen molar-refractivity contribution in [2.75, 3.05) is 29.4 Å². The number of nitrogens with zero attached hydrogens (tertiary/aromatic N) is 3. The molecule has 0 unspecified atom stereocenters. The zero-order valence-corrected chi connectivity index (χ0v) is 13.6. The zero-order valence-electron chi connectivity index (χ0n) is 13.6. The van der Waals surface area contributed by atoms with Crippen molar-refractivity contribution in [1.82, 2.24) is 10.2 Å². The van der Waals surface area contributed by atoms with Crippen LogP contribution < -0.4 is 15.1 Å². The van der Waals surface area contributed by atoms with Gasteiger partial charge in [0.15, 0.2) is 0 Å². The van der Waals surface area contributed by atoms with E-state index < -0.39 is 0 Å². The number of anilines is 2. The highest BCUT2D eigenvalue weighted by Gasteiger charge is 2.47. The third-order valence-corrected chi connectivity index (χ3v) is 5.06. The van der Waals surface area contributed by atoms with E-state index in [1.165, 1.54) is 4.90 Å². The third-order valence-electron chi connectivity index (χ3n) is 5.06. The summed E-state index contributed by atoms with van der Waals surface area (Å²) in [5, 5.41) is 2.75. The van der Waals surface area contributed by atoms with Crippen LogP contribution in [0.4, 0.5) is 21.0 Å². The third kappa shape index (κ3) is 2.23. The average Bonchev–Trinajstić information content (AvgIpc) is 3.10. The number of piperidine rings is 1. The van der Waals surface area contributed by atoms with Crippen LogP contribution in [0.25, 0.3) is 0 Å². The van der Waals surface area contributed by atoms with Crippen molar-refractivity contribution in [2.45, 2.75) is 25.8 Å². The van der Waals surface area contributed by atoms with E-state index in [1.54, 1.807) is 28.0 Å². The maximum atomic E-state index is 12.8. The molecule has 0 radical (unpaired) electrons. The molecule has 0 spiro atoms. The van der Waals surface area contributed by atoms with E-state index in [1.807, 2.05) is 6.07 Å². The molecule has 7 nitrogen and oxygen atoms in total.